The summed E-state index contributed by atoms with van der Waals surface area (Å²) in [6.45, 7) is 15.3. The van der Waals surface area contributed by atoms with Crippen molar-refractivity contribution in [3.05, 3.63) is 0 Å². The van der Waals surface area contributed by atoms with Crippen LogP contribution in [-0.4, -0.2) is 92.3 Å². The van der Waals surface area contributed by atoms with Gasteiger partial charge in [-0.25, -0.2) is 4.18 Å². The lowest BCUT2D eigenvalue weighted by Crippen LogP contribution is -2.65. The van der Waals surface area contributed by atoms with Gasteiger partial charge in [-0.05, 0) is 92.8 Å². The van der Waals surface area contributed by atoms with Gasteiger partial charge in [0.25, 0.3) is 0 Å². The van der Waals surface area contributed by atoms with E-state index in [0.717, 1.165) is 58.5 Å². The van der Waals surface area contributed by atoms with E-state index in [2.05, 4.69) is 27.7 Å². The van der Waals surface area contributed by atoms with E-state index in [1.807, 2.05) is 0 Å². The monoisotopic (exact) mass is 784 g/mol. The minimum absolute atomic E-state index is 0.0946. The molecule has 4 saturated carbocycles. The van der Waals surface area contributed by atoms with Gasteiger partial charge in [-0.3, -0.25) is 18.9 Å². The number of rotatable bonds is 7. The van der Waals surface area contributed by atoms with Crippen LogP contribution in [0.3, 0.4) is 0 Å². The van der Waals surface area contributed by atoms with Crippen LogP contribution in [0.5, 0.6) is 0 Å². The second kappa shape index (κ2) is 14.5. The molecule has 15 heteroatoms. The summed E-state index contributed by atoms with van der Waals surface area (Å²) in [5, 5.41) is 0. The van der Waals surface area contributed by atoms with E-state index < -0.39 is 76.5 Å². The number of carbonyl (C=O) groups excluding carboxylic acids is 3. The predicted molar refractivity (Wildman–Crippen MR) is 189 cm³/mol. The summed E-state index contributed by atoms with van der Waals surface area (Å²) in [6, 6.07) is 0. The van der Waals surface area contributed by atoms with Gasteiger partial charge in [0.05, 0.1) is 24.9 Å². The number of fused-ring (bicyclic) bond motifs is 7. The Bertz CT molecular complexity index is 1560. The van der Waals surface area contributed by atoms with Crippen molar-refractivity contribution in [2.75, 3.05) is 6.61 Å². The first kappa shape index (κ1) is 40.3. The highest BCUT2D eigenvalue weighted by Crippen LogP contribution is 2.71. The third-order valence-corrected chi connectivity index (χ3v) is 15.6. The minimum atomic E-state index is -5.03. The van der Waals surface area contributed by atoms with Crippen molar-refractivity contribution in [1.29, 1.82) is 0 Å². The van der Waals surface area contributed by atoms with Crippen LogP contribution in [0, 0.1) is 52.3 Å². The van der Waals surface area contributed by atoms with E-state index in [1.54, 1.807) is 0 Å². The van der Waals surface area contributed by atoms with Crippen molar-refractivity contribution in [3.63, 3.8) is 0 Å². The summed E-state index contributed by atoms with van der Waals surface area (Å²) in [6.07, 6.45) is 0.430. The van der Waals surface area contributed by atoms with Gasteiger partial charge in [0.15, 0.2) is 24.3 Å². The van der Waals surface area contributed by atoms with Gasteiger partial charge in [-0.1, -0.05) is 27.7 Å². The first-order chi connectivity index (χ1) is 25.3. The molecule has 3 heterocycles. The van der Waals surface area contributed by atoms with Crippen LogP contribution in [0.2, 0.25) is 0 Å². The molecule has 3 aliphatic heterocycles. The molecular weight excluding hydrogens is 724 g/mol. The molecule has 0 aromatic carbocycles. The first-order valence-corrected chi connectivity index (χ1v) is 21.4. The highest BCUT2D eigenvalue weighted by Gasteiger charge is 2.70. The molecule has 4 aliphatic carbocycles. The summed E-state index contributed by atoms with van der Waals surface area (Å²) in [5.74, 6) is 0.104. The van der Waals surface area contributed by atoms with Gasteiger partial charge in [-0.2, -0.15) is 8.42 Å². The lowest BCUT2D eigenvalue weighted by Gasteiger charge is -2.63. The van der Waals surface area contributed by atoms with E-state index in [1.165, 1.54) is 20.8 Å². The Morgan fingerprint density at radius 3 is 2.11 bits per heavy atom. The highest BCUT2D eigenvalue weighted by molar-refractivity contribution is 7.80. The summed E-state index contributed by atoms with van der Waals surface area (Å²) >= 11 is 0. The second-order valence-electron chi connectivity index (χ2n) is 18.2. The quantitative estimate of drug-likeness (QED) is 0.203. The van der Waals surface area contributed by atoms with Gasteiger partial charge in [0.1, 0.15) is 12.2 Å². The SMILES string of the molecule is CC(=O)OC1[C@H](OC(C)=O)[C@@H](O[C@@H]2C[C@H](OC(C)=O)C[C@@H]3CC[C@H]4[C@@H]5CC6OC7(CC[C@H](C)CO7)[C@@H](C)[C@@H]6[C@@]5(C)CC[C@@H]4[C@]32C)O[C@@H](C)[C@H]1OS(=O)(=O)O. The molecule has 7 aliphatic rings. The molecular formula is C39H60O14S. The third-order valence-electron chi connectivity index (χ3n) is 15.1. The van der Waals surface area contributed by atoms with Crippen molar-refractivity contribution in [3.8, 4) is 0 Å². The summed E-state index contributed by atoms with van der Waals surface area (Å²) in [5.41, 5.74) is -0.307. The standard InChI is InChI=1S/C39H60O14S/c1-19-11-14-39(46-18-19)20(2)32-30(52-39)17-29-27-10-9-25-15-26(48-22(4)40)16-31(38(25,8)28(27)12-13-37(29,32)7)51-36-35(50-24(6)42)34(49-23(5)41)33(21(3)47-36)53-54(43,44)45/h19-21,25-36H,9-18H2,1-8H3,(H,43,44,45)/t19-,20-,21-,25-,26+,27+,28-,29-,30?,31+,32-,33+,34?,35-,36+,37-,38-,39?/m0/s1. The van der Waals surface area contributed by atoms with Crippen molar-refractivity contribution < 1.29 is 64.7 Å². The minimum Gasteiger partial charge on any atom is -0.462 e. The largest absolute Gasteiger partial charge is 0.462 e. The van der Waals surface area contributed by atoms with Crippen LogP contribution < -0.4 is 0 Å². The van der Waals surface area contributed by atoms with E-state index in [9.17, 15) is 27.4 Å². The molecule has 0 aromatic heterocycles. The average Bonchev–Trinajstić information content (AvgIpc) is 3.51. The zero-order valence-electron chi connectivity index (χ0n) is 32.9. The van der Waals surface area contributed by atoms with Crippen LogP contribution in [0.1, 0.15) is 113 Å². The first-order valence-electron chi connectivity index (χ1n) is 20.1. The van der Waals surface area contributed by atoms with Crippen molar-refractivity contribution >= 4 is 28.3 Å². The van der Waals surface area contributed by atoms with Gasteiger partial charge in [0.2, 0.25) is 0 Å². The smallest absolute Gasteiger partial charge is 0.397 e. The zero-order chi connectivity index (χ0) is 39.1. The molecule has 54 heavy (non-hydrogen) atoms. The molecule has 306 valence electrons. The number of hydrogen-bond acceptors (Lipinski definition) is 13. The molecule has 0 radical (unpaired) electrons. The Balaban J connectivity index is 1.19. The molecule has 14 nitrogen and oxygen atoms in total. The number of carbonyl (C=O) groups is 3. The molecule has 3 saturated heterocycles. The Labute approximate surface area is 319 Å². The van der Waals surface area contributed by atoms with Gasteiger partial charge < -0.3 is 33.2 Å². The zero-order valence-corrected chi connectivity index (χ0v) is 33.7. The fraction of sp³-hybridized carbons (Fsp3) is 0.923. The molecule has 3 unspecified atom stereocenters. The highest BCUT2D eigenvalue weighted by atomic mass is 32.3. The van der Waals surface area contributed by atoms with E-state index >= 15 is 0 Å². The van der Waals surface area contributed by atoms with E-state index in [4.69, 9.17) is 37.3 Å². The Hall–Kier alpha value is -1.88. The molecule has 0 amide bonds. The van der Waals surface area contributed by atoms with Crippen LogP contribution in [0.15, 0.2) is 0 Å². The molecule has 0 aromatic rings. The third kappa shape index (κ3) is 7.03. The summed E-state index contributed by atoms with van der Waals surface area (Å²) in [7, 11) is -5.03. The van der Waals surface area contributed by atoms with Crippen molar-refractivity contribution in [2.24, 2.45) is 52.3 Å². The Kier molecular flexibility index (Phi) is 10.8. The molecule has 1 spiro atoms. The summed E-state index contributed by atoms with van der Waals surface area (Å²) in [4.78, 5) is 37.1. The number of ether oxygens (including phenoxy) is 7. The fourth-order valence-corrected chi connectivity index (χ4v) is 13.5. The van der Waals surface area contributed by atoms with Crippen LogP contribution in [0.25, 0.3) is 0 Å². The van der Waals surface area contributed by atoms with Crippen LogP contribution in [0.4, 0.5) is 0 Å². The van der Waals surface area contributed by atoms with Gasteiger partial charge in [-0.15, -0.1) is 0 Å². The molecule has 7 fully saturated rings. The molecule has 0 bridgehead atoms. The predicted octanol–water partition coefficient (Wildman–Crippen LogP) is 5.16. The second-order valence-corrected chi connectivity index (χ2v) is 19.3. The fourth-order valence-electron chi connectivity index (χ4n) is 13.0. The maximum atomic E-state index is 12.5. The molecule has 7 rings (SSSR count). The Morgan fingerprint density at radius 2 is 1.48 bits per heavy atom. The normalized spacial score (nSPS) is 49.9. The van der Waals surface area contributed by atoms with Gasteiger partial charge >= 0.3 is 28.3 Å². The van der Waals surface area contributed by atoms with Crippen LogP contribution >= 0.6 is 0 Å². The summed E-state index contributed by atoms with van der Waals surface area (Å²) < 4.78 is 82.0. The average molecular weight is 785 g/mol. The van der Waals surface area contributed by atoms with E-state index in [-0.39, 0.29) is 29.3 Å². The van der Waals surface area contributed by atoms with E-state index in [0.29, 0.717) is 42.4 Å². The maximum absolute atomic E-state index is 12.5. The maximum Gasteiger partial charge on any atom is 0.397 e. The Morgan fingerprint density at radius 1 is 0.796 bits per heavy atom. The topological polar surface area (TPSA) is 179 Å². The lowest BCUT2D eigenvalue weighted by atomic mass is 9.43. The number of hydrogen-bond donors (Lipinski definition) is 1. The lowest BCUT2D eigenvalue weighted by molar-refractivity contribution is -0.328. The number of esters is 3. The van der Waals surface area contributed by atoms with Gasteiger partial charge in [0, 0.05) is 44.9 Å². The van der Waals surface area contributed by atoms with Crippen molar-refractivity contribution in [2.45, 2.75) is 168 Å². The molecule has 18 atom stereocenters. The molecule has 1 N–H and O–H groups in total. The van der Waals surface area contributed by atoms with Crippen molar-refractivity contribution in [1.82, 2.24) is 0 Å². The van der Waals surface area contributed by atoms with Crippen LogP contribution in [-0.2, 0) is 62.1 Å².